The Labute approximate surface area is 165 Å². The van der Waals surface area contributed by atoms with Crippen LogP contribution in [-0.4, -0.2) is 18.2 Å². The van der Waals surface area contributed by atoms with Gasteiger partial charge in [0.1, 0.15) is 5.82 Å². The van der Waals surface area contributed by atoms with Gasteiger partial charge in [-0.3, -0.25) is 9.52 Å². The van der Waals surface area contributed by atoms with Gasteiger partial charge in [0.05, 0.1) is 17.0 Å². The number of aryl methyl sites for hydroxylation is 1. The lowest BCUT2D eigenvalue weighted by atomic mass is 9.99. The first-order valence-corrected chi connectivity index (χ1v) is 10.8. The zero-order chi connectivity index (χ0) is 20.6. The normalized spacial score (nSPS) is 15.3. The van der Waals surface area contributed by atoms with Crippen LogP contribution in [0.3, 0.4) is 0 Å². The van der Waals surface area contributed by atoms with E-state index in [4.69, 9.17) is 0 Å². The van der Waals surface area contributed by atoms with Crippen LogP contribution in [-0.2, 0) is 16.4 Å². The van der Waals surface area contributed by atoms with E-state index in [0.29, 0.717) is 35.2 Å². The van der Waals surface area contributed by atoms with Gasteiger partial charge in [0, 0.05) is 18.2 Å². The second-order valence-electron chi connectivity index (χ2n) is 7.45. The van der Waals surface area contributed by atoms with E-state index >= 15 is 0 Å². The third-order valence-electron chi connectivity index (χ3n) is 5.17. The molecule has 0 saturated heterocycles. The van der Waals surface area contributed by atoms with Crippen molar-refractivity contribution >= 4 is 15.7 Å². The molecule has 0 radical (unpaired) electrons. The first kappa shape index (κ1) is 20.3. The molecule has 7 heteroatoms. The lowest BCUT2D eigenvalue weighted by Crippen LogP contribution is -2.28. The maximum atomic E-state index is 14.4. The Bertz CT molecular complexity index is 1090. The number of nitrogens with zero attached hydrogens (tertiary/aromatic N) is 1. The third kappa shape index (κ3) is 4.04. The Hall–Kier alpha value is -2.41. The van der Waals surface area contributed by atoms with Gasteiger partial charge in [-0.2, -0.15) is 0 Å². The highest BCUT2D eigenvalue weighted by molar-refractivity contribution is 7.93. The molecule has 0 bridgehead atoms. The molecule has 1 heterocycles. The van der Waals surface area contributed by atoms with Gasteiger partial charge in [-0.25, -0.2) is 12.8 Å². The van der Waals surface area contributed by atoms with E-state index < -0.39 is 15.3 Å². The van der Waals surface area contributed by atoms with E-state index in [1.165, 1.54) is 16.8 Å². The zero-order valence-corrected chi connectivity index (χ0v) is 17.1. The summed E-state index contributed by atoms with van der Waals surface area (Å²) < 4.78 is 43.6. The molecule has 1 saturated carbocycles. The highest BCUT2D eigenvalue weighted by Crippen LogP contribution is 2.32. The van der Waals surface area contributed by atoms with Crippen molar-refractivity contribution in [1.82, 2.24) is 4.57 Å². The minimum Gasteiger partial charge on any atom is -0.307 e. The number of allylic oxidation sites excluding steroid dienone is 1. The third-order valence-corrected chi connectivity index (χ3v) is 7.03. The fraction of sp³-hybridized carbons (Fsp3) is 0.381. The van der Waals surface area contributed by atoms with Gasteiger partial charge in [0.15, 0.2) is 0 Å². The largest absolute Gasteiger partial charge is 0.307 e. The SMILES string of the molecule is C=CC(C)n1cc(NS(=O)(=O)C2CC2)c(Cc2ccc(C)cc2F)c(C)c1=O. The van der Waals surface area contributed by atoms with Crippen molar-refractivity contribution in [3.63, 3.8) is 0 Å². The molecule has 0 amide bonds. The number of pyridine rings is 1. The Morgan fingerprint density at radius 2 is 2.04 bits per heavy atom. The van der Waals surface area contributed by atoms with Crippen molar-refractivity contribution in [2.75, 3.05) is 4.72 Å². The van der Waals surface area contributed by atoms with E-state index in [2.05, 4.69) is 11.3 Å². The van der Waals surface area contributed by atoms with Crippen LogP contribution in [0.4, 0.5) is 10.1 Å². The molecule has 0 aliphatic heterocycles. The molecule has 150 valence electrons. The molecule has 2 aromatic rings. The number of nitrogens with one attached hydrogen (secondary N) is 1. The summed E-state index contributed by atoms with van der Waals surface area (Å²) in [5, 5.41) is -0.408. The maximum Gasteiger partial charge on any atom is 0.254 e. The minimum absolute atomic E-state index is 0.124. The van der Waals surface area contributed by atoms with Crippen LogP contribution in [0.15, 0.2) is 41.8 Å². The Balaban J connectivity index is 2.14. The van der Waals surface area contributed by atoms with E-state index in [1.54, 1.807) is 39.0 Å². The van der Waals surface area contributed by atoms with Crippen LogP contribution in [0.25, 0.3) is 0 Å². The monoisotopic (exact) mass is 404 g/mol. The molecule has 1 unspecified atom stereocenters. The van der Waals surface area contributed by atoms with Gasteiger partial charge in [0.2, 0.25) is 10.0 Å². The number of rotatable bonds is 7. The van der Waals surface area contributed by atoms with Crippen LogP contribution in [0.5, 0.6) is 0 Å². The lowest BCUT2D eigenvalue weighted by molar-refractivity contribution is 0.599. The second kappa shape index (κ2) is 7.54. The number of benzene rings is 1. The molecule has 3 rings (SSSR count). The summed E-state index contributed by atoms with van der Waals surface area (Å²) >= 11 is 0. The van der Waals surface area contributed by atoms with Crippen LogP contribution in [0.1, 0.15) is 48.1 Å². The van der Waals surface area contributed by atoms with Gasteiger partial charge in [-0.05, 0) is 56.4 Å². The molecule has 28 heavy (non-hydrogen) atoms. The van der Waals surface area contributed by atoms with Gasteiger partial charge >= 0.3 is 0 Å². The highest BCUT2D eigenvalue weighted by Gasteiger charge is 2.36. The zero-order valence-electron chi connectivity index (χ0n) is 16.3. The van der Waals surface area contributed by atoms with Crippen molar-refractivity contribution < 1.29 is 12.8 Å². The Morgan fingerprint density at radius 1 is 1.36 bits per heavy atom. The molecule has 1 aliphatic carbocycles. The van der Waals surface area contributed by atoms with Crippen LogP contribution in [0, 0.1) is 19.7 Å². The molecule has 1 aromatic carbocycles. The van der Waals surface area contributed by atoms with Crippen molar-refractivity contribution in [2.24, 2.45) is 0 Å². The van der Waals surface area contributed by atoms with Gasteiger partial charge in [0.25, 0.3) is 5.56 Å². The number of hydrogen-bond donors (Lipinski definition) is 1. The summed E-state index contributed by atoms with van der Waals surface area (Å²) in [5.41, 5.74) is 2.16. The smallest absolute Gasteiger partial charge is 0.254 e. The summed E-state index contributed by atoms with van der Waals surface area (Å²) in [4.78, 5) is 12.8. The lowest BCUT2D eigenvalue weighted by Gasteiger charge is -2.20. The summed E-state index contributed by atoms with van der Waals surface area (Å²) in [6, 6.07) is 4.59. The Kier molecular flexibility index (Phi) is 5.48. The van der Waals surface area contributed by atoms with Crippen LogP contribution in [0.2, 0.25) is 0 Å². The fourth-order valence-corrected chi connectivity index (χ4v) is 4.54. The quantitative estimate of drug-likeness (QED) is 0.713. The number of sulfonamides is 1. The number of halogens is 1. The average Bonchev–Trinajstić information content (AvgIpc) is 3.48. The standard InChI is InChI=1S/C21H25FN2O3S/c1-5-14(3)24-12-20(23-28(26,27)17-8-9-17)18(15(4)21(24)25)11-16-7-6-13(2)10-19(16)22/h5-7,10,12,14,17,23H,1,8-9,11H2,2-4H3. The molecule has 5 nitrogen and oxygen atoms in total. The molecule has 0 spiro atoms. The van der Waals surface area contributed by atoms with E-state index in [-0.39, 0.29) is 23.8 Å². The first-order chi connectivity index (χ1) is 13.1. The number of aromatic nitrogens is 1. The van der Waals surface area contributed by atoms with E-state index in [9.17, 15) is 17.6 Å². The van der Waals surface area contributed by atoms with E-state index in [0.717, 1.165) is 5.56 Å². The van der Waals surface area contributed by atoms with Crippen LogP contribution < -0.4 is 10.3 Å². The molecule has 1 aliphatic rings. The van der Waals surface area contributed by atoms with Crippen molar-refractivity contribution in [3.8, 4) is 0 Å². The predicted octanol–water partition coefficient (Wildman–Crippen LogP) is 3.85. The van der Waals surface area contributed by atoms with Crippen molar-refractivity contribution in [1.29, 1.82) is 0 Å². The van der Waals surface area contributed by atoms with Crippen molar-refractivity contribution in [3.05, 3.63) is 75.5 Å². The minimum atomic E-state index is -3.54. The molecule has 1 aromatic heterocycles. The van der Waals surface area contributed by atoms with Gasteiger partial charge in [-0.1, -0.05) is 18.2 Å². The molecular weight excluding hydrogens is 379 g/mol. The Morgan fingerprint density at radius 3 is 2.61 bits per heavy atom. The van der Waals surface area contributed by atoms with Gasteiger partial charge < -0.3 is 4.57 Å². The fourth-order valence-electron chi connectivity index (χ4n) is 3.13. The first-order valence-electron chi connectivity index (χ1n) is 9.28. The number of anilines is 1. The molecular formula is C21H25FN2O3S. The summed E-state index contributed by atoms with van der Waals surface area (Å²) in [6.45, 7) is 8.95. The summed E-state index contributed by atoms with van der Waals surface area (Å²) in [7, 11) is -3.54. The molecule has 1 atom stereocenters. The predicted molar refractivity (Wildman–Crippen MR) is 110 cm³/mol. The number of hydrogen-bond acceptors (Lipinski definition) is 3. The summed E-state index contributed by atoms with van der Waals surface area (Å²) in [5.74, 6) is -0.376. The second-order valence-corrected chi connectivity index (χ2v) is 9.41. The van der Waals surface area contributed by atoms with Gasteiger partial charge in [-0.15, -0.1) is 6.58 Å². The average molecular weight is 405 g/mol. The molecule has 1 N–H and O–H groups in total. The van der Waals surface area contributed by atoms with Crippen LogP contribution >= 0.6 is 0 Å². The topological polar surface area (TPSA) is 68.2 Å². The molecule has 1 fully saturated rings. The van der Waals surface area contributed by atoms with E-state index in [1.807, 2.05) is 0 Å². The summed E-state index contributed by atoms with van der Waals surface area (Å²) in [6.07, 6.45) is 4.49. The highest BCUT2D eigenvalue weighted by atomic mass is 32.2. The van der Waals surface area contributed by atoms with Crippen molar-refractivity contribution in [2.45, 2.75) is 51.3 Å². The maximum absolute atomic E-state index is 14.4.